The molecule has 2 unspecified atom stereocenters. The molecule has 3 N–H and O–H groups in total. The molecule has 1 aromatic heterocycles. The van der Waals surface area contributed by atoms with Gasteiger partial charge >= 0.3 is 0 Å². The second-order valence-electron chi connectivity index (χ2n) is 7.53. The molecule has 1 saturated heterocycles. The monoisotopic (exact) mass is 544 g/mol. The molecule has 0 aliphatic carbocycles. The Labute approximate surface area is 200 Å². The summed E-state index contributed by atoms with van der Waals surface area (Å²) < 4.78 is 1.17. The number of aliphatic hydroxyl groups is 1. The smallest absolute Gasteiger partial charge is 0.224 e. The van der Waals surface area contributed by atoms with Crippen LogP contribution in [0.25, 0.3) is 10.1 Å². The number of fused-ring (bicyclic) bond motifs is 1. The van der Waals surface area contributed by atoms with Crippen LogP contribution < -0.4 is 10.6 Å². The predicted octanol–water partition coefficient (Wildman–Crippen LogP) is 3.90. The third kappa shape index (κ3) is 6.81. The zero-order valence-electron chi connectivity index (χ0n) is 17.8. The van der Waals surface area contributed by atoms with E-state index < -0.39 is 6.10 Å². The van der Waals surface area contributed by atoms with Crippen molar-refractivity contribution in [3.63, 3.8) is 0 Å². The normalized spacial score (nSPS) is 18.0. The Kier molecular flexibility index (Phi) is 10.3. The third-order valence-corrected chi connectivity index (χ3v) is 6.51. The molecule has 1 fully saturated rings. The molecule has 2 aromatic rings. The molecule has 2 heterocycles. The number of hydrogen-bond acceptors (Lipinski definition) is 4. The summed E-state index contributed by atoms with van der Waals surface area (Å²) >= 11 is 1.60. The number of nitrogens with one attached hydrogen (secondary N) is 2. The number of thiophene rings is 1. The van der Waals surface area contributed by atoms with Gasteiger partial charge in [-0.15, -0.1) is 35.3 Å². The first-order valence-corrected chi connectivity index (χ1v) is 11.4. The van der Waals surface area contributed by atoms with Gasteiger partial charge < -0.3 is 20.6 Å². The largest absolute Gasteiger partial charge is 0.386 e. The van der Waals surface area contributed by atoms with Crippen LogP contribution in [0.3, 0.4) is 0 Å². The average Bonchev–Trinajstić information content (AvgIpc) is 3.16. The summed E-state index contributed by atoms with van der Waals surface area (Å²) in [5, 5.41) is 18.1. The van der Waals surface area contributed by atoms with Gasteiger partial charge in [-0.2, -0.15) is 0 Å². The molecule has 1 aliphatic heterocycles. The van der Waals surface area contributed by atoms with Gasteiger partial charge in [-0.25, -0.2) is 0 Å². The quantitative estimate of drug-likeness (QED) is 0.281. The van der Waals surface area contributed by atoms with Gasteiger partial charge in [-0.1, -0.05) is 18.2 Å². The standard InChI is InChI=1S/C22H32N4O2S.HI/c1-3-23-22(24-12-11-21(28)26-13-7-6-8-16(26)2)25-15-18(27)20-14-17-9-4-5-10-19(17)29-20;/h4-5,9-10,14,16,18,27H,3,6-8,11-13,15H2,1-2H3,(H2,23,24,25);1H. The fraction of sp³-hybridized carbons (Fsp3) is 0.545. The predicted molar refractivity (Wildman–Crippen MR) is 136 cm³/mol. The second-order valence-corrected chi connectivity index (χ2v) is 8.65. The van der Waals surface area contributed by atoms with E-state index in [1.807, 2.05) is 30.0 Å². The van der Waals surface area contributed by atoms with Crippen molar-refractivity contribution >= 4 is 57.3 Å². The van der Waals surface area contributed by atoms with Gasteiger partial charge in [-0.05, 0) is 50.6 Å². The van der Waals surface area contributed by atoms with E-state index >= 15 is 0 Å². The molecular formula is C22H33IN4O2S. The van der Waals surface area contributed by atoms with Gasteiger partial charge in [0.2, 0.25) is 5.91 Å². The lowest BCUT2D eigenvalue weighted by Gasteiger charge is -2.33. The first-order chi connectivity index (χ1) is 14.1. The number of aliphatic hydroxyl groups excluding tert-OH is 1. The molecule has 1 aromatic carbocycles. The summed E-state index contributed by atoms with van der Waals surface area (Å²) in [6.45, 7) is 6.54. The molecule has 8 heteroatoms. The number of nitrogens with zero attached hydrogens (tertiary/aromatic N) is 2. The molecule has 6 nitrogen and oxygen atoms in total. The first kappa shape index (κ1) is 24.9. The Morgan fingerprint density at radius 2 is 2.13 bits per heavy atom. The van der Waals surface area contributed by atoms with E-state index in [-0.39, 0.29) is 36.4 Å². The summed E-state index contributed by atoms with van der Waals surface area (Å²) in [7, 11) is 0. The first-order valence-electron chi connectivity index (χ1n) is 10.6. The fourth-order valence-electron chi connectivity index (χ4n) is 3.68. The van der Waals surface area contributed by atoms with Crippen molar-refractivity contribution in [2.75, 3.05) is 26.2 Å². The maximum Gasteiger partial charge on any atom is 0.224 e. The highest BCUT2D eigenvalue weighted by atomic mass is 127. The minimum Gasteiger partial charge on any atom is -0.386 e. The number of carbonyl (C=O) groups is 1. The molecule has 0 radical (unpaired) electrons. The Morgan fingerprint density at radius 3 is 2.87 bits per heavy atom. The zero-order valence-corrected chi connectivity index (χ0v) is 20.9. The van der Waals surface area contributed by atoms with E-state index in [9.17, 15) is 9.90 Å². The van der Waals surface area contributed by atoms with Gasteiger partial charge in [0.1, 0.15) is 6.10 Å². The van der Waals surface area contributed by atoms with Crippen LogP contribution in [0.4, 0.5) is 0 Å². The highest BCUT2D eigenvalue weighted by Crippen LogP contribution is 2.29. The van der Waals surface area contributed by atoms with E-state index in [1.54, 1.807) is 11.3 Å². The van der Waals surface area contributed by atoms with Crippen molar-refractivity contribution in [2.45, 2.75) is 51.7 Å². The lowest BCUT2D eigenvalue weighted by atomic mass is 10.0. The van der Waals surface area contributed by atoms with Crippen LogP contribution in [0.1, 0.15) is 50.5 Å². The van der Waals surface area contributed by atoms with Crippen LogP contribution in [0.5, 0.6) is 0 Å². The second kappa shape index (κ2) is 12.5. The summed E-state index contributed by atoms with van der Waals surface area (Å²) in [5.41, 5.74) is 0. The van der Waals surface area contributed by atoms with E-state index in [0.717, 1.165) is 36.2 Å². The molecule has 0 spiro atoms. The molecule has 1 amide bonds. The molecule has 0 bridgehead atoms. The number of rotatable bonds is 7. The van der Waals surface area contributed by atoms with Gasteiger partial charge in [-0.3, -0.25) is 9.79 Å². The van der Waals surface area contributed by atoms with Gasteiger partial charge in [0, 0.05) is 41.7 Å². The van der Waals surface area contributed by atoms with Crippen molar-refractivity contribution in [3.05, 3.63) is 35.2 Å². The Morgan fingerprint density at radius 1 is 1.33 bits per heavy atom. The van der Waals surface area contributed by atoms with Crippen molar-refractivity contribution in [1.82, 2.24) is 15.5 Å². The highest BCUT2D eigenvalue weighted by Gasteiger charge is 2.22. The number of guanidine groups is 1. The number of carbonyl (C=O) groups excluding carboxylic acids is 1. The SMILES string of the molecule is CCNC(=NCC(O)c1cc2ccccc2s1)NCCC(=O)N1CCCCC1C.I. The Hall–Kier alpha value is -1.39. The van der Waals surface area contributed by atoms with E-state index in [2.05, 4.69) is 34.7 Å². The maximum absolute atomic E-state index is 12.5. The highest BCUT2D eigenvalue weighted by molar-refractivity contribution is 14.0. The van der Waals surface area contributed by atoms with E-state index in [0.29, 0.717) is 25.0 Å². The minimum atomic E-state index is -0.640. The zero-order chi connectivity index (χ0) is 20.6. The fourth-order valence-corrected chi connectivity index (χ4v) is 4.72. The Balaban J connectivity index is 0.00000320. The van der Waals surface area contributed by atoms with Crippen LogP contribution in [0.15, 0.2) is 35.3 Å². The Bertz CT molecular complexity index is 808. The van der Waals surface area contributed by atoms with Gasteiger partial charge in [0.25, 0.3) is 0 Å². The maximum atomic E-state index is 12.5. The molecule has 1 aliphatic rings. The molecular weight excluding hydrogens is 511 g/mol. The molecule has 2 atom stereocenters. The van der Waals surface area contributed by atoms with Crippen LogP contribution in [0.2, 0.25) is 0 Å². The minimum absolute atomic E-state index is 0. The average molecular weight is 545 g/mol. The van der Waals surface area contributed by atoms with E-state index in [4.69, 9.17) is 0 Å². The lowest BCUT2D eigenvalue weighted by molar-refractivity contribution is -0.134. The summed E-state index contributed by atoms with van der Waals surface area (Å²) in [4.78, 5) is 19.9. The summed E-state index contributed by atoms with van der Waals surface area (Å²) in [6, 6.07) is 10.5. The van der Waals surface area contributed by atoms with Crippen molar-refractivity contribution in [2.24, 2.45) is 4.99 Å². The van der Waals surface area contributed by atoms with Crippen LogP contribution in [-0.2, 0) is 4.79 Å². The van der Waals surface area contributed by atoms with Crippen LogP contribution in [0, 0.1) is 0 Å². The molecule has 30 heavy (non-hydrogen) atoms. The summed E-state index contributed by atoms with van der Waals surface area (Å²) in [5.74, 6) is 0.831. The number of hydrogen-bond donors (Lipinski definition) is 3. The number of amides is 1. The molecule has 0 saturated carbocycles. The van der Waals surface area contributed by atoms with Crippen molar-refractivity contribution in [1.29, 1.82) is 0 Å². The van der Waals surface area contributed by atoms with E-state index in [1.165, 1.54) is 11.1 Å². The molecule has 166 valence electrons. The number of halogens is 1. The lowest BCUT2D eigenvalue weighted by Crippen LogP contribution is -2.44. The number of aliphatic imine (C=N–C) groups is 1. The van der Waals surface area contributed by atoms with Crippen LogP contribution in [-0.4, -0.2) is 54.1 Å². The number of piperidine rings is 1. The van der Waals surface area contributed by atoms with Crippen molar-refractivity contribution < 1.29 is 9.90 Å². The van der Waals surface area contributed by atoms with Gasteiger partial charge in [0.05, 0.1) is 6.54 Å². The third-order valence-electron chi connectivity index (χ3n) is 5.29. The summed E-state index contributed by atoms with van der Waals surface area (Å²) in [6.07, 6.45) is 3.22. The van der Waals surface area contributed by atoms with Crippen LogP contribution >= 0.6 is 35.3 Å². The van der Waals surface area contributed by atoms with Crippen molar-refractivity contribution in [3.8, 4) is 0 Å². The molecule has 3 rings (SSSR count). The number of likely N-dealkylation sites (tertiary alicyclic amines) is 1. The number of benzene rings is 1. The van der Waals surface area contributed by atoms with Gasteiger partial charge in [0.15, 0.2) is 5.96 Å². The topological polar surface area (TPSA) is 77.0 Å².